The lowest BCUT2D eigenvalue weighted by Crippen LogP contribution is -2.50. The first-order chi connectivity index (χ1) is 10.5. The first kappa shape index (κ1) is 14.9. The quantitative estimate of drug-likeness (QED) is 0.838. The summed E-state index contributed by atoms with van der Waals surface area (Å²) in [5.74, 6) is 1.55. The van der Waals surface area contributed by atoms with Crippen LogP contribution in [-0.4, -0.2) is 43.0 Å². The Morgan fingerprint density at radius 1 is 1.23 bits per heavy atom. The van der Waals surface area contributed by atoms with Gasteiger partial charge in [0.25, 0.3) is 5.91 Å². The maximum atomic E-state index is 12.6. The van der Waals surface area contributed by atoms with E-state index in [0.29, 0.717) is 23.3 Å². The van der Waals surface area contributed by atoms with E-state index in [0.717, 1.165) is 19.5 Å². The van der Waals surface area contributed by atoms with E-state index in [1.165, 1.54) is 0 Å². The predicted molar refractivity (Wildman–Crippen MR) is 83.8 cm³/mol. The van der Waals surface area contributed by atoms with Gasteiger partial charge in [-0.2, -0.15) is 0 Å². The number of carbonyl (C=O) groups excluding carboxylic acids is 2. The number of anilines is 1. The summed E-state index contributed by atoms with van der Waals surface area (Å²) in [7, 11) is 0. The molecule has 0 radical (unpaired) electrons. The molecule has 5 heteroatoms. The highest BCUT2D eigenvalue weighted by Crippen LogP contribution is 2.31. The Morgan fingerprint density at radius 3 is 2.64 bits per heavy atom. The molecule has 5 nitrogen and oxygen atoms in total. The van der Waals surface area contributed by atoms with E-state index in [1.807, 2.05) is 29.2 Å². The van der Waals surface area contributed by atoms with Crippen LogP contribution >= 0.6 is 0 Å². The zero-order chi connectivity index (χ0) is 15.7. The summed E-state index contributed by atoms with van der Waals surface area (Å²) < 4.78 is 5.41. The molecule has 2 heterocycles. The number of hydrogen-bond acceptors (Lipinski definition) is 3. The van der Waals surface area contributed by atoms with Crippen molar-refractivity contribution >= 4 is 17.5 Å². The van der Waals surface area contributed by atoms with E-state index in [1.54, 1.807) is 4.90 Å². The number of fused-ring (bicyclic) bond motifs is 1. The van der Waals surface area contributed by atoms with Gasteiger partial charge in [-0.15, -0.1) is 0 Å². The highest BCUT2D eigenvalue weighted by molar-refractivity contribution is 6.02. The van der Waals surface area contributed by atoms with Crippen molar-refractivity contribution in [1.82, 2.24) is 4.90 Å². The van der Waals surface area contributed by atoms with Gasteiger partial charge in [0.15, 0.2) is 6.61 Å². The van der Waals surface area contributed by atoms with Gasteiger partial charge in [0, 0.05) is 13.1 Å². The third-order valence-electron chi connectivity index (χ3n) is 4.32. The summed E-state index contributed by atoms with van der Waals surface area (Å²) in [6.45, 7) is 6.00. The van der Waals surface area contributed by atoms with Gasteiger partial charge in [-0.25, -0.2) is 0 Å². The Labute approximate surface area is 130 Å². The normalized spacial score (nSPS) is 24.7. The highest BCUT2D eigenvalue weighted by atomic mass is 16.5. The molecule has 1 fully saturated rings. The van der Waals surface area contributed by atoms with E-state index in [-0.39, 0.29) is 25.0 Å². The Kier molecular flexibility index (Phi) is 4.05. The summed E-state index contributed by atoms with van der Waals surface area (Å²) in [6.07, 6.45) is 1.16. The molecule has 118 valence electrons. The molecule has 0 spiro atoms. The van der Waals surface area contributed by atoms with Crippen LogP contribution in [0.1, 0.15) is 20.3 Å². The van der Waals surface area contributed by atoms with E-state index < -0.39 is 0 Å². The second kappa shape index (κ2) is 5.99. The van der Waals surface area contributed by atoms with Crippen LogP contribution < -0.4 is 9.64 Å². The molecule has 1 aromatic rings. The molecule has 22 heavy (non-hydrogen) atoms. The van der Waals surface area contributed by atoms with Crippen molar-refractivity contribution in [1.29, 1.82) is 0 Å². The summed E-state index contributed by atoms with van der Waals surface area (Å²) >= 11 is 0. The molecule has 2 amide bonds. The van der Waals surface area contributed by atoms with Crippen LogP contribution in [-0.2, 0) is 9.59 Å². The monoisotopic (exact) mass is 302 g/mol. The molecular weight excluding hydrogens is 280 g/mol. The van der Waals surface area contributed by atoms with Crippen molar-refractivity contribution in [2.45, 2.75) is 20.3 Å². The van der Waals surface area contributed by atoms with Gasteiger partial charge in [0.1, 0.15) is 12.3 Å². The largest absolute Gasteiger partial charge is 0.482 e. The summed E-state index contributed by atoms with van der Waals surface area (Å²) in [4.78, 5) is 28.2. The van der Waals surface area contributed by atoms with E-state index in [4.69, 9.17) is 4.74 Å². The lowest BCUT2D eigenvalue weighted by Gasteiger charge is -2.37. The fourth-order valence-electron chi connectivity index (χ4n) is 3.43. The van der Waals surface area contributed by atoms with Gasteiger partial charge >= 0.3 is 0 Å². The zero-order valence-electron chi connectivity index (χ0n) is 13.1. The van der Waals surface area contributed by atoms with Gasteiger partial charge < -0.3 is 9.64 Å². The Bertz CT molecular complexity index is 577. The van der Waals surface area contributed by atoms with Crippen molar-refractivity contribution in [3.63, 3.8) is 0 Å². The summed E-state index contributed by atoms with van der Waals surface area (Å²) in [5.41, 5.74) is 0.685. The molecule has 1 saturated heterocycles. The molecule has 1 aromatic carbocycles. The van der Waals surface area contributed by atoms with Crippen LogP contribution in [0.15, 0.2) is 24.3 Å². The molecule has 0 unspecified atom stereocenters. The number of nitrogens with zero attached hydrogens (tertiary/aromatic N) is 2. The van der Waals surface area contributed by atoms with Gasteiger partial charge in [0.2, 0.25) is 5.91 Å². The zero-order valence-corrected chi connectivity index (χ0v) is 13.1. The molecule has 0 aliphatic carbocycles. The average molecular weight is 302 g/mol. The van der Waals surface area contributed by atoms with Crippen molar-refractivity contribution < 1.29 is 14.3 Å². The Balaban J connectivity index is 1.75. The predicted octanol–water partition coefficient (Wildman–Crippen LogP) is 1.92. The second-order valence-corrected chi connectivity index (χ2v) is 6.48. The maximum absolute atomic E-state index is 12.6. The van der Waals surface area contributed by atoms with Gasteiger partial charge in [0.05, 0.1) is 5.69 Å². The average Bonchev–Trinajstić information content (AvgIpc) is 2.49. The fourth-order valence-corrected chi connectivity index (χ4v) is 3.43. The van der Waals surface area contributed by atoms with E-state index in [9.17, 15) is 9.59 Å². The van der Waals surface area contributed by atoms with Gasteiger partial charge in [-0.05, 0) is 30.4 Å². The number of rotatable bonds is 2. The number of para-hydroxylation sites is 2. The van der Waals surface area contributed by atoms with Crippen LogP contribution in [0.4, 0.5) is 5.69 Å². The number of benzene rings is 1. The molecule has 2 atom stereocenters. The van der Waals surface area contributed by atoms with Crippen LogP contribution in [0.5, 0.6) is 5.75 Å². The lowest BCUT2D eigenvalue weighted by molar-refractivity contribution is -0.134. The first-order valence-corrected chi connectivity index (χ1v) is 7.84. The lowest BCUT2D eigenvalue weighted by atomic mass is 9.92. The van der Waals surface area contributed by atoms with Crippen molar-refractivity contribution in [2.75, 3.05) is 31.1 Å². The fraction of sp³-hybridized carbons (Fsp3) is 0.529. The Morgan fingerprint density at radius 2 is 1.91 bits per heavy atom. The minimum Gasteiger partial charge on any atom is -0.482 e. The van der Waals surface area contributed by atoms with Crippen LogP contribution in [0.25, 0.3) is 0 Å². The minimum absolute atomic E-state index is 0.00288. The minimum atomic E-state index is -0.162. The van der Waals surface area contributed by atoms with Gasteiger partial charge in [-0.1, -0.05) is 26.0 Å². The molecule has 0 N–H and O–H groups in total. The number of ether oxygens (including phenoxy) is 1. The van der Waals surface area contributed by atoms with Crippen LogP contribution in [0.3, 0.4) is 0 Å². The van der Waals surface area contributed by atoms with E-state index >= 15 is 0 Å². The highest BCUT2D eigenvalue weighted by Gasteiger charge is 2.31. The molecular formula is C17H22N2O3. The molecule has 2 aliphatic rings. The molecule has 2 aliphatic heterocycles. The summed E-state index contributed by atoms with van der Waals surface area (Å²) in [6, 6.07) is 7.36. The second-order valence-electron chi connectivity index (χ2n) is 6.48. The van der Waals surface area contributed by atoms with Crippen molar-refractivity contribution in [3.8, 4) is 5.75 Å². The van der Waals surface area contributed by atoms with E-state index in [2.05, 4.69) is 13.8 Å². The summed E-state index contributed by atoms with van der Waals surface area (Å²) in [5, 5.41) is 0. The third-order valence-corrected chi connectivity index (χ3v) is 4.32. The number of amides is 2. The van der Waals surface area contributed by atoms with Crippen molar-refractivity contribution in [3.05, 3.63) is 24.3 Å². The van der Waals surface area contributed by atoms with Crippen molar-refractivity contribution in [2.24, 2.45) is 11.8 Å². The first-order valence-electron chi connectivity index (χ1n) is 7.84. The number of carbonyl (C=O) groups is 2. The smallest absolute Gasteiger partial charge is 0.265 e. The third kappa shape index (κ3) is 2.93. The standard InChI is InChI=1S/C17H22N2O3/c1-12-7-13(2)9-18(8-12)16(20)10-19-14-5-3-4-6-15(14)22-11-17(19)21/h3-6,12-13H,7-11H2,1-2H3/t12-,13+. The topological polar surface area (TPSA) is 49.9 Å². The van der Waals surface area contributed by atoms with Gasteiger partial charge in [-0.3, -0.25) is 14.5 Å². The molecule has 3 rings (SSSR count). The number of hydrogen-bond donors (Lipinski definition) is 0. The van der Waals surface area contributed by atoms with Crippen LogP contribution in [0.2, 0.25) is 0 Å². The molecule has 0 saturated carbocycles. The number of likely N-dealkylation sites (tertiary alicyclic amines) is 1. The number of piperidine rings is 1. The maximum Gasteiger partial charge on any atom is 0.265 e. The Hall–Kier alpha value is -2.04. The molecule has 0 aromatic heterocycles. The SMILES string of the molecule is C[C@@H]1C[C@H](C)CN(C(=O)CN2C(=O)COc3ccccc32)C1. The van der Waals surface area contributed by atoms with Crippen LogP contribution in [0, 0.1) is 11.8 Å². The molecule has 0 bridgehead atoms.